The second-order valence-corrected chi connectivity index (χ2v) is 6.82. The highest BCUT2D eigenvalue weighted by atomic mass is 16.1. The number of pyridine rings is 1. The van der Waals surface area contributed by atoms with Crippen molar-refractivity contribution in [3.05, 3.63) is 84.2 Å². The third-order valence-corrected chi connectivity index (χ3v) is 5.05. The Morgan fingerprint density at radius 3 is 2.71 bits per heavy atom. The third kappa shape index (κ3) is 2.91. The number of ketones is 1. The Morgan fingerprint density at radius 1 is 1.00 bits per heavy atom. The first-order valence-electron chi connectivity index (χ1n) is 9.32. The fourth-order valence-electron chi connectivity index (χ4n) is 3.66. The van der Waals surface area contributed by atoms with Gasteiger partial charge in [-0.05, 0) is 35.4 Å². The fraction of sp³-hybridized carbons (Fsp3) is 0.130. The van der Waals surface area contributed by atoms with Crippen molar-refractivity contribution in [2.24, 2.45) is 9.98 Å². The van der Waals surface area contributed by atoms with Crippen molar-refractivity contribution in [3.63, 3.8) is 0 Å². The summed E-state index contributed by atoms with van der Waals surface area (Å²) in [7, 11) is 0. The molecule has 28 heavy (non-hydrogen) atoms. The summed E-state index contributed by atoms with van der Waals surface area (Å²) in [5, 5.41) is 0. The molecular weight excluding hydrogens is 348 g/mol. The van der Waals surface area contributed by atoms with Crippen molar-refractivity contribution in [1.29, 1.82) is 0 Å². The Balaban J connectivity index is 1.54. The number of aromatic nitrogens is 1. The van der Waals surface area contributed by atoms with Crippen LogP contribution in [0.2, 0.25) is 0 Å². The van der Waals surface area contributed by atoms with E-state index < -0.39 is 0 Å². The Bertz CT molecular complexity index is 1100. The zero-order valence-electron chi connectivity index (χ0n) is 15.2. The molecule has 3 heterocycles. The summed E-state index contributed by atoms with van der Waals surface area (Å²) >= 11 is 0. The molecule has 5 heteroatoms. The number of fused-ring (bicyclic) bond motifs is 3. The van der Waals surface area contributed by atoms with E-state index in [1.165, 1.54) is 0 Å². The van der Waals surface area contributed by atoms with E-state index in [0.29, 0.717) is 5.56 Å². The van der Waals surface area contributed by atoms with E-state index in [1.807, 2.05) is 18.2 Å². The summed E-state index contributed by atoms with van der Waals surface area (Å²) in [6, 6.07) is 20.1. The molecule has 2 aliphatic rings. The van der Waals surface area contributed by atoms with Crippen LogP contribution < -0.4 is 0 Å². The summed E-state index contributed by atoms with van der Waals surface area (Å²) in [5.41, 5.74) is 4.74. The maximum atomic E-state index is 12.7. The molecule has 0 atom stereocenters. The number of nitrogens with zero attached hydrogens (tertiary/aromatic N) is 4. The second-order valence-electron chi connectivity index (χ2n) is 6.82. The molecule has 0 N–H and O–H groups in total. The number of hydrogen-bond acceptors (Lipinski definition) is 5. The van der Waals surface area contributed by atoms with Crippen molar-refractivity contribution in [1.82, 2.24) is 9.88 Å². The van der Waals surface area contributed by atoms with Gasteiger partial charge in [0.25, 0.3) is 0 Å². The molecule has 0 saturated heterocycles. The average Bonchev–Trinajstić information content (AvgIpc) is 3.25. The van der Waals surface area contributed by atoms with E-state index in [9.17, 15) is 4.79 Å². The number of aliphatic imine (C=N–C) groups is 2. The van der Waals surface area contributed by atoms with Crippen LogP contribution in [0.25, 0.3) is 11.1 Å². The van der Waals surface area contributed by atoms with Gasteiger partial charge in [0.15, 0.2) is 5.78 Å². The molecule has 0 unspecified atom stereocenters. The molecule has 2 aromatic carbocycles. The van der Waals surface area contributed by atoms with Crippen LogP contribution in [0.1, 0.15) is 22.3 Å². The van der Waals surface area contributed by atoms with Crippen molar-refractivity contribution < 1.29 is 4.79 Å². The van der Waals surface area contributed by atoms with Crippen LogP contribution in [0.5, 0.6) is 0 Å². The molecule has 136 valence electrons. The fourth-order valence-corrected chi connectivity index (χ4v) is 3.66. The highest BCUT2D eigenvalue weighted by molar-refractivity contribution is 6.21. The average molecular weight is 366 g/mol. The molecule has 0 radical (unpaired) electrons. The molecule has 2 aliphatic heterocycles. The highest BCUT2D eigenvalue weighted by Gasteiger charge is 2.30. The first kappa shape index (κ1) is 16.6. The lowest BCUT2D eigenvalue weighted by Gasteiger charge is -2.27. The number of rotatable bonds is 4. The van der Waals surface area contributed by atoms with E-state index in [-0.39, 0.29) is 12.2 Å². The zero-order chi connectivity index (χ0) is 18.9. The second kappa shape index (κ2) is 6.85. The zero-order valence-corrected chi connectivity index (χ0v) is 15.2. The van der Waals surface area contributed by atoms with Crippen LogP contribution in [-0.4, -0.2) is 40.4 Å². The summed E-state index contributed by atoms with van der Waals surface area (Å²) in [5.74, 6) is 1.68. The van der Waals surface area contributed by atoms with Crippen molar-refractivity contribution in [2.45, 2.75) is 6.42 Å². The first-order valence-corrected chi connectivity index (χ1v) is 9.32. The maximum Gasteiger partial charge on any atom is 0.171 e. The van der Waals surface area contributed by atoms with Crippen LogP contribution in [0, 0.1) is 0 Å². The lowest BCUT2D eigenvalue weighted by molar-refractivity contribution is 0.0998. The van der Waals surface area contributed by atoms with Gasteiger partial charge in [-0.25, -0.2) is 4.99 Å². The number of benzene rings is 2. The minimum absolute atomic E-state index is 0.0146. The highest BCUT2D eigenvalue weighted by Crippen LogP contribution is 2.33. The minimum atomic E-state index is 0.0146. The van der Waals surface area contributed by atoms with Gasteiger partial charge < -0.3 is 4.90 Å². The minimum Gasteiger partial charge on any atom is -0.312 e. The number of carbonyl (C=O) groups excluding carboxylic acids is 1. The normalized spacial score (nSPS) is 14.8. The molecule has 0 fully saturated rings. The van der Waals surface area contributed by atoms with Gasteiger partial charge >= 0.3 is 0 Å². The largest absolute Gasteiger partial charge is 0.312 e. The van der Waals surface area contributed by atoms with Gasteiger partial charge in [0.1, 0.15) is 11.7 Å². The third-order valence-electron chi connectivity index (χ3n) is 5.05. The molecule has 5 nitrogen and oxygen atoms in total. The predicted molar refractivity (Wildman–Crippen MR) is 110 cm³/mol. The SMILES string of the molecule is O=C(CC1=Nc2cc(-c3ccccc3)ccc2C2=NCCN12)c1cccnc1. The van der Waals surface area contributed by atoms with Crippen molar-refractivity contribution >= 4 is 23.1 Å². The lowest BCUT2D eigenvalue weighted by atomic mass is 10.00. The molecule has 3 aromatic rings. The number of hydrogen-bond donors (Lipinski definition) is 0. The van der Waals surface area contributed by atoms with Gasteiger partial charge in [-0.15, -0.1) is 0 Å². The summed E-state index contributed by atoms with van der Waals surface area (Å²) in [4.78, 5) is 28.4. The van der Waals surface area contributed by atoms with Gasteiger partial charge in [-0.2, -0.15) is 0 Å². The summed E-state index contributed by atoms with van der Waals surface area (Å²) < 4.78 is 0. The standard InChI is InChI=1S/C23H18N4O/c28-21(18-7-4-10-24-15-18)14-22-26-20-13-17(16-5-2-1-3-6-16)8-9-19(20)23-25-11-12-27(22)23/h1-10,13,15H,11-12,14H2. The van der Waals surface area contributed by atoms with Crippen molar-refractivity contribution in [3.8, 4) is 11.1 Å². The number of Topliss-reactive ketones (excluding diaryl/α,β-unsaturated/α-hetero) is 1. The summed E-state index contributed by atoms with van der Waals surface area (Å²) in [6.45, 7) is 1.48. The van der Waals surface area contributed by atoms with Crippen LogP contribution in [0.15, 0.2) is 83.0 Å². The van der Waals surface area contributed by atoms with E-state index in [4.69, 9.17) is 4.99 Å². The van der Waals surface area contributed by atoms with E-state index in [0.717, 1.165) is 47.1 Å². The van der Waals surface area contributed by atoms with Gasteiger partial charge in [0.2, 0.25) is 0 Å². The topological polar surface area (TPSA) is 57.9 Å². The molecular formula is C23H18N4O. The molecule has 0 bridgehead atoms. The molecule has 5 rings (SSSR count). The Labute approximate surface area is 163 Å². The smallest absolute Gasteiger partial charge is 0.171 e. The Hall–Kier alpha value is -3.60. The summed E-state index contributed by atoms with van der Waals surface area (Å²) in [6.07, 6.45) is 3.51. The molecule has 0 aliphatic carbocycles. The van der Waals surface area contributed by atoms with Crippen LogP contribution in [-0.2, 0) is 0 Å². The maximum absolute atomic E-state index is 12.7. The van der Waals surface area contributed by atoms with Crippen LogP contribution in [0.3, 0.4) is 0 Å². The van der Waals surface area contributed by atoms with Crippen LogP contribution >= 0.6 is 0 Å². The molecule has 0 saturated carbocycles. The Kier molecular flexibility index (Phi) is 4.05. The van der Waals surface area contributed by atoms with Crippen LogP contribution in [0.4, 0.5) is 5.69 Å². The van der Waals surface area contributed by atoms with Crippen molar-refractivity contribution in [2.75, 3.05) is 13.1 Å². The quantitative estimate of drug-likeness (QED) is 0.653. The number of amidine groups is 2. The number of carbonyl (C=O) groups is 1. The monoisotopic (exact) mass is 366 g/mol. The predicted octanol–water partition coefficient (Wildman–Crippen LogP) is 4.13. The molecule has 0 spiro atoms. The van der Waals surface area contributed by atoms with E-state index in [2.05, 4.69) is 45.2 Å². The van der Waals surface area contributed by atoms with E-state index >= 15 is 0 Å². The van der Waals surface area contributed by atoms with Gasteiger partial charge in [-0.3, -0.25) is 14.8 Å². The molecule has 1 aromatic heterocycles. The van der Waals surface area contributed by atoms with Gasteiger partial charge in [0, 0.05) is 30.1 Å². The molecule has 0 amide bonds. The van der Waals surface area contributed by atoms with Gasteiger partial charge in [0.05, 0.1) is 18.7 Å². The van der Waals surface area contributed by atoms with Gasteiger partial charge in [-0.1, -0.05) is 36.4 Å². The van der Waals surface area contributed by atoms with E-state index in [1.54, 1.807) is 24.5 Å². The first-order chi connectivity index (χ1) is 13.8. The lowest BCUT2D eigenvalue weighted by Crippen LogP contribution is -2.38. The Morgan fingerprint density at radius 2 is 1.89 bits per heavy atom.